The fourth-order valence-electron chi connectivity index (χ4n) is 3.57. The minimum atomic E-state index is -0.515. The molecule has 1 aliphatic rings. The lowest BCUT2D eigenvalue weighted by Crippen LogP contribution is -2.37. The van der Waals surface area contributed by atoms with Gasteiger partial charge in [-0.25, -0.2) is 9.79 Å². The van der Waals surface area contributed by atoms with E-state index in [0.717, 1.165) is 23.1 Å². The summed E-state index contributed by atoms with van der Waals surface area (Å²) in [6.07, 6.45) is 1.01. The standard InChI is InChI=1S/C24H29N3O2/c1-5-29-23(28)20-21(18-11-9-17(10-12-18)13-15(2)3)26-24(25)27-22(20)19-8-6-7-16(4)14-19/h6-12,14-15,21H,5,13H2,1-4H3,(H3,25,26,27). The molecule has 1 atom stereocenters. The van der Waals surface area contributed by atoms with Crippen molar-refractivity contribution in [2.24, 2.45) is 16.6 Å². The van der Waals surface area contributed by atoms with Gasteiger partial charge in [0.2, 0.25) is 0 Å². The first-order valence-electron chi connectivity index (χ1n) is 10.1. The molecule has 0 bridgehead atoms. The van der Waals surface area contributed by atoms with Crippen molar-refractivity contribution in [2.75, 3.05) is 6.61 Å². The maximum absolute atomic E-state index is 12.9. The summed E-state index contributed by atoms with van der Waals surface area (Å²) in [6, 6.07) is 15.7. The molecule has 0 radical (unpaired) electrons. The van der Waals surface area contributed by atoms with Gasteiger partial charge in [0.1, 0.15) is 6.04 Å². The zero-order valence-corrected chi connectivity index (χ0v) is 17.5. The largest absolute Gasteiger partial charge is 0.463 e. The number of nitrogens with zero attached hydrogens (tertiary/aromatic N) is 1. The van der Waals surface area contributed by atoms with Crippen LogP contribution in [-0.4, -0.2) is 18.5 Å². The Labute approximate surface area is 172 Å². The summed E-state index contributed by atoms with van der Waals surface area (Å²) in [7, 11) is 0. The van der Waals surface area contributed by atoms with Gasteiger partial charge in [0.15, 0.2) is 5.96 Å². The second-order valence-corrected chi connectivity index (χ2v) is 7.76. The van der Waals surface area contributed by atoms with Gasteiger partial charge in [0.25, 0.3) is 0 Å². The molecule has 152 valence electrons. The first-order chi connectivity index (χ1) is 13.9. The van der Waals surface area contributed by atoms with Gasteiger partial charge in [-0.15, -0.1) is 0 Å². The SMILES string of the molecule is CCOC(=O)C1=C(c2cccc(C)c2)NC(N)=NC1c1ccc(CC(C)C)cc1. The quantitative estimate of drug-likeness (QED) is 0.726. The molecule has 1 heterocycles. The molecule has 0 saturated heterocycles. The molecular weight excluding hydrogens is 362 g/mol. The van der Waals surface area contributed by atoms with Crippen LogP contribution in [-0.2, 0) is 16.0 Å². The summed E-state index contributed by atoms with van der Waals surface area (Å²) >= 11 is 0. The van der Waals surface area contributed by atoms with Crippen molar-refractivity contribution in [1.29, 1.82) is 0 Å². The van der Waals surface area contributed by atoms with Gasteiger partial charge in [-0.3, -0.25) is 0 Å². The number of nitrogens with two attached hydrogens (primary N) is 1. The van der Waals surface area contributed by atoms with E-state index < -0.39 is 6.04 Å². The van der Waals surface area contributed by atoms with Gasteiger partial charge in [-0.05, 0) is 48.9 Å². The molecule has 1 unspecified atom stereocenters. The summed E-state index contributed by atoms with van der Waals surface area (Å²) in [5.41, 5.74) is 11.4. The molecule has 0 saturated carbocycles. The molecule has 2 aromatic carbocycles. The Morgan fingerprint density at radius 3 is 2.55 bits per heavy atom. The van der Waals surface area contributed by atoms with Gasteiger partial charge in [-0.1, -0.05) is 61.9 Å². The van der Waals surface area contributed by atoms with Crippen molar-refractivity contribution in [3.05, 3.63) is 76.4 Å². The van der Waals surface area contributed by atoms with Crippen molar-refractivity contribution >= 4 is 17.6 Å². The first kappa shape index (κ1) is 20.6. The number of hydrogen-bond donors (Lipinski definition) is 2. The summed E-state index contributed by atoms with van der Waals surface area (Å²) < 4.78 is 5.38. The van der Waals surface area contributed by atoms with Crippen molar-refractivity contribution in [3.8, 4) is 0 Å². The zero-order chi connectivity index (χ0) is 21.0. The predicted molar refractivity (Wildman–Crippen MR) is 117 cm³/mol. The zero-order valence-electron chi connectivity index (χ0n) is 17.5. The lowest BCUT2D eigenvalue weighted by atomic mass is 9.92. The number of guanidine groups is 1. The molecule has 29 heavy (non-hydrogen) atoms. The maximum atomic E-state index is 12.9. The molecule has 0 spiro atoms. The monoisotopic (exact) mass is 391 g/mol. The first-order valence-corrected chi connectivity index (χ1v) is 10.1. The Kier molecular flexibility index (Phi) is 6.37. The van der Waals surface area contributed by atoms with Crippen LogP contribution in [0.4, 0.5) is 0 Å². The van der Waals surface area contributed by atoms with Crippen LogP contribution in [0.25, 0.3) is 5.70 Å². The van der Waals surface area contributed by atoms with E-state index >= 15 is 0 Å². The van der Waals surface area contributed by atoms with Crippen LogP contribution >= 0.6 is 0 Å². The Morgan fingerprint density at radius 1 is 1.21 bits per heavy atom. The highest BCUT2D eigenvalue weighted by atomic mass is 16.5. The third kappa shape index (κ3) is 4.86. The van der Waals surface area contributed by atoms with Gasteiger partial charge in [0.05, 0.1) is 17.9 Å². The fraction of sp³-hybridized carbons (Fsp3) is 0.333. The number of aliphatic imine (C=N–C) groups is 1. The molecule has 0 fully saturated rings. The summed E-state index contributed by atoms with van der Waals surface area (Å²) in [4.78, 5) is 17.5. The number of esters is 1. The summed E-state index contributed by atoms with van der Waals surface area (Å²) in [5, 5.41) is 3.09. The van der Waals surface area contributed by atoms with Crippen LogP contribution in [0.5, 0.6) is 0 Å². The van der Waals surface area contributed by atoms with Crippen molar-refractivity contribution in [2.45, 2.75) is 40.2 Å². The van der Waals surface area contributed by atoms with Crippen LogP contribution in [0.3, 0.4) is 0 Å². The molecule has 0 aromatic heterocycles. The number of benzene rings is 2. The van der Waals surface area contributed by atoms with E-state index in [1.54, 1.807) is 6.92 Å². The average Bonchev–Trinajstić information content (AvgIpc) is 2.67. The Balaban J connectivity index is 2.09. The summed E-state index contributed by atoms with van der Waals surface area (Å²) in [5.74, 6) is 0.478. The second-order valence-electron chi connectivity index (χ2n) is 7.76. The van der Waals surface area contributed by atoms with Crippen LogP contribution in [0.2, 0.25) is 0 Å². The molecule has 1 aliphatic heterocycles. The van der Waals surface area contributed by atoms with Gasteiger partial charge >= 0.3 is 5.97 Å². The van der Waals surface area contributed by atoms with Crippen LogP contribution < -0.4 is 11.1 Å². The lowest BCUT2D eigenvalue weighted by molar-refractivity contribution is -0.138. The predicted octanol–water partition coefficient (Wildman–Crippen LogP) is 4.13. The minimum absolute atomic E-state index is 0.283. The third-order valence-electron chi connectivity index (χ3n) is 4.81. The van der Waals surface area contributed by atoms with E-state index in [-0.39, 0.29) is 11.9 Å². The lowest BCUT2D eigenvalue weighted by Gasteiger charge is -2.26. The number of rotatable bonds is 6. The number of aryl methyl sites for hydroxylation is 1. The number of ether oxygens (including phenoxy) is 1. The van der Waals surface area contributed by atoms with E-state index in [2.05, 4.69) is 36.3 Å². The molecule has 3 rings (SSSR count). The van der Waals surface area contributed by atoms with Crippen molar-refractivity contribution < 1.29 is 9.53 Å². The van der Waals surface area contributed by atoms with Crippen LogP contribution in [0.1, 0.15) is 49.1 Å². The number of carbonyl (C=O) groups excluding carboxylic acids is 1. The normalized spacial score (nSPS) is 16.4. The van der Waals surface area contributed by atoms with E-state index in [1.165, 1.54) is 5.56 Å². The van der Waals surface area contributed by atoms with Crippen molar-refractivity contribution in [1.82, 2.24) is 5.32 Å². The van der Waals surface area contributed by atoms with Crippen LogP contribution in [0.15, 0.2) is 59.1 Å². The topological polar surface area (TPSA) is 76.7 Å². The molecule has 2 aromatic rings. The Hall–Kier alpha value is -3.08. The fourth-order valence-corrected chi connectivity index (χ4v) is 3.57. The Morgan fingerprint density at radius 2 is 1.93 bits per heavy atom. The van der Waals surface area contributed by atoms with E-state index in [1.807, 2.05) is 43.3 Å². The second kappa shape index (κ2) is 8.95. The van der Waals surface area contributed by atoms with E-state index in [4.69, 9.17) is 10.5 Å². The van der Waals surface area contributed by atoms with E-state index in [0.29, 0.717) is 23.8 Å². The highest BCUT2D eigenvalue weighted by Gasteiger charge is 2.32. The molecule has 5 nitrogen and oxygen atoms in total. The molecule has 0 aliphatic carbocycles. The molecular formula is C24H29N3O2. The van der Waals surface area contributed by atoms with Gasteiger partial charge in [-0.2, -0.15) is 0 Å². The Bertz CT molecular complexity index is 943. The summed E-state index contributed by atoms with van der Waals surface area (Å²) in [6.45, 7) is 8.50. The number of hydrogen-bond acceptors (Lipinski definition) is 5. The average molecular weight is 392 g/mol. The molecule has 3 N–H and O–H groups in total. The van der Waals surface area contributed by atoms with Gasteiger partial charge in [0, 0.05) is 0 Å². The van der Waals surface area contributed by atoms with Crippen molar-refractivity contribution in [3.63, 3.8) is 0 Å². The number of nitrogens with one attached hydrogen (secondary N) is 1. The van der Waals surface area contributed by atoms with Crippen LogP contribution in [0, 0.1) is 12.8 Å². The smallest absolute Gasteiger partial charge is 0.338 e. The van der Waals surface area contributed by atoms with Gasteiger partial charge < -0.3 is 15.8 Å². The molecule has 0 amide bonds. The number of carbonyl (C=O) groups is 1. The third-order valence-corrected chi connectivity index (χ3v) is 4.81. The maximum Gasteiger partial charge on any atom is 0.338 e. The highest BCUT2D eigenvalue weighted by Crippen LogP contribution is 2.35. The minimum Gasteiger partial charge on any atom is -0.463 e. The highest BCUT2D eigenvalue weighted by molar-refractivity contribution is 6.04. The molecule has 5 heteroatoms. The van der Waals surface area contributed by atoms with E-state index in [9.17, 15) is 4.79 Å².